The largest absolute Gasteiger partial charge is 0.336 e. The van der Waals surface area contributed by atoms with Crippen LogP contribution in [0.4, 0.5) is 4.79 Å². The molecule has 0 saturated carbocycles. The van der Waals surface area contributed by atoms with Gasteiger partial charge in [-0.05, 0) is 20.4 Å². The Bertz CT molecular complexity index is 310. The second-order valence-electron chi connectivity index (χ2n) is 3.94. The summed E-state index contributed by atoms with van der Waals surface area (Å²) in [5.41, 5.74) is 0. The van der Waals surface area contributed by atoms with E-state index in [1.807, 2.05) is 0 Å². The topological polar surface area (TPSA) is 50.2 Å². The Morgan fingerprint density at radius 2 is 2.38 bits per heavy atom. The molecule has 0 bridgehead atoms. The van der Waals surface area contributed by atoms with Crippen molar-refractivity contribution in [2.75, 3.05) is 20.1 Å². The van der Waals surface area contributed by atoms with Crippen molar-refractivity contribution < 1.29 is 4.79 Å². The summed E-state index contributed by atoms with van der Waals surface area (Å²) in [7, 11) is 2.07. The van der Waals surface area contributed by atoms with Gasteiger partial charge in [-0.3, -0.25) is 4.57 Å². The lowest BCUT2D eigenvalue weighted by Gasteiger charge is -2.23. The molecule has 16 heavy (non-hydrogen) atoms. The number of rotatable bonds is 5. The maximum atomic E-state index is 11.5. The molecule has 1 aromatic heterocycles. The van der Waals surface area contributed by atoms with Crippen molar-refractivity contribution in [2.24, 2.45) is 0 Å². The SMILES string of the molecule is CCC(C)N(C)CCNC(=O)n1ccnc1. The van der Waals surface area contributed by atoms with Crippen LogP contribution in [0.25, 0.3) is 0 Å². The third-order valence-corrected chi connectivity index (χ3v) is 2.82. The Balaban J connectivity index is 2.23. The van der Waals surface area contributed by atoms with E-state index >= 15 is 0 Å². The number of carbonyl (C=O) groups excluding carboxylic acids is 1. The summed E-state index contributed by atoms with van der Waals surface area (Å²) in [5.74, 6) is 0. The second-order valence-corrected chi connectivity index (χ2v) is 3.94. The van der Waals surface area contributed by atoms with Crippen molar-refractivity contribution >= 4 is 6.03 Å². The molecule has 1 heterocycles. The molecule has 1 amide bonds. The summed E-state index contributed by atoms with van der Waals surface area (Å²) in [6, 6.07) is 0.417. The third-order valence-electron chi connectivity index (χ3n) is 2.82. The van der Waals surface area contributed by atoms with Crippen molar-refractivity contribution in [3.8, 4) is 0 Å². The molecule has 0 saturated heterocycles. The van der Waals surface area contributed by atoms with Gasteiger partial charge in [-0.1, -0.05) is 6.92 Å². The maximum Gasteiger partial charge on any atom is 0.326 e. The highest BCUT2D eigenvalue weighted by molar-refractivity contribution is 5.76. The quantitative estimate of drug-likeness (QED) is 0.817. The van der Waals surface area contributed by atoms with Gasteiger partial charge in [-0.15, -0.1) is 0 Å². The number of imidazole rings is 1. The number of amides is 1. The van der Waals surface area contributed by atoms with E-state index in [1.165, 1.54) is 10.9 Å². The molecule has 0 spiro atoms. The Morgan fingerprint density at radius 3 is 2.94 bits per heavy atom. The molecular weight excluding hydrogens is 204 g/mol. The van der Waals surface area contributed by atoms with Crippen molar-refractivity contribution in [2.45, 2.75) is 26.3 Å². The lowest BCUT2D eigenvalue weighted by Crippen LogP contribution is -2.38. The molecule has 1 N–H and O–H groups in total. The monoisotopic (exact) mass is 224 g/mol. The predicted octanol–water partition coefficient (Wildman–Crippen LogP) is 1.17. The molecule has 0 radical (unpaired) electrons. The third kappa shape index (κ3) is 3.66. The predicted molar refractivity (Wildman–Crippen MR) is 63.4 cm³/mol. The highest BCUT2D eigenvalue weighted by Gasteiger charge is 2.07. The molecule has 5 heteroatoms. The van der Waals surface area contributed by atoms with E-state index in [0.29, 0.717) is 12.6 Å². The van der Waals surface area contributed by atoms with Crippen LogP contribution in [0.5, 0.6) is 0 Å². The van der Waals surface area contributed by atoms with Crippen LogP contribution in [0.3, 0.4) is 0 Å². The molecule has 90 valence electrons. The minimum absolute atomic E-state index is 0.130. The fraction of sp³-hybridized carbons (Fsp3) is 0.636. The van der Waals surface area contributed by atoms with E-state index in [9.17, 15) is 4.79 Å². The first-order valence-corrected chi connectivity index (χ1v) is 5.61. The molecule has 1 unspecified atom stereocenters. The van der Waals surface area contributed by atoms with Gasteiger partial charge in [0.2, 0.25) is 0 Å². The van der Waals surface area contributed by atoms with E-state index in [-0.39, 0.29) is 6.03 Å². The van der Waals surface area contributed by atoms with E-state index in [4.69, 9.17) is 0 Å². The Labute approximate surface area is 96.5 Å². The molecule has 1 rings (SSSR count). The molecule has 1 atom stereocenters. The van der Waals surface area contributed by atoms with Gasteiger partial charge >= 0.3 is 6.03 Å². The van der Waals surface area contributed by atoms with Crippen LogP contribution in [-0.4, -0.2) is 46.7 Å². The first kappa shape index (κ1) is 12.7. The average Bonchev–Trinajstić information content (AvgIpc) is 2.81. The van der Waals surface area contributed by atoms with Crippen LogP contribution in [-0.2, 0) is 0 Å². The normalized spacial score (nSPS) is 12.8. The van der Waals surface area contributed by atoms with E-state index in [1.54, 1.807) is 12.4 Å². The van der Waals surface area contributed by atoms with Gasteiger partial charge in [0.1, 0.15) is 6.33 Å². The van der Waals surface area contributed by atoms with Crippen molar-refractivity contribution in [1.29, 1.82) is 0 Å². The van der Waals surface area contributed by atoms with E-state index < -0.39 is 0 Å². The number of nitrogens with one attached hydrogen (secondary N) is 1. The lowest BCUT2D eigenvalue weighted by molar-refractivity contribution is 0.231. The van der Waals surface area contributed by atoms with Gasteiger partial charge in [0, 0.05) is 31.5 Å². The molecule has 0 aliphatic carbocycles. The highest BCUT2D eigenvalue weighted by atomic mass is 16.2. The lowest BCUT2D eigenvalue weighted by atomic mass is 10.2. The van der Waals surface area contributed by atoms with Gasteiger partial charge in [0.25, 0.3) is 0 Å². The zero-order chi connectivity index (χ0) is 12.0. The first-order valence-electron chi connectivity index (χ1n) is 5.61. The van der Waals surface area contributed by atoms with Crippen LogP contribution in [0.15, 0.2) is 18.7 Å². The summed E-state index contributed by atoms with van der Waals surface area (Å²) in [6.45, 7) is 5.84. The number of likely N-dealkylation sites (N-methyl/N-ethyl adjacent to an activating group) is 1. The second kappa shape index (κ2) is 6.27. The summed E-state index contributed by atoms with van der Waals surface area (Å²) in [5, 5.41) is 2.84. The molecule has 0 aromatic carbocycles. The molecular formula is C11H20N4O. The molecule has 0 aliphatic heterocycles. The van der Waals surface area contributed by atoms with Gasteiger partial charge in [0.05, 0.1) is 0 Å². The smallest absolute Gasteiger partial charge is 0.326 e. The number of carbonyl (C=O) groups is 1. The summed E-state index contributed by atoms with van der Waals surface area (Å²) in [6.07, 6.45) is 5.83. The average molecular weight is 224 g/mol. The molecule has 0 fully saturated rings. The fourth-order valence-corrected chi connectivity index (χ4v) is 1.34. The minimum Gasteiger partial charge on any atom is -0.336 e. The molecule has 0 aliphatic rings. The highest BCUT2D eigenvalue weighted by Crippen LogP contribution is 1.98. The minimum atomic E-state index is -0.130. The summed E-state index contributed by atoms with van der Waals surface area (Å²) in [4.78, 5) is 17.6. The van der Waals surface area contributed by atoms with E-state index in [0.717, 1.165) is 13.0 Å². The Kier molecular flexibility index (Phi) is 4.98. The van der Waals surface area contributed by atoms with E-state index in [2.05, 4.69) is 36.1 Å². The van der Waals surface area contributed by atoms with Crippen LogP contribution in [0.1, 0.15) is 20.3 Å². The molecule has 1 aromatic rings. The van der Waals surface area contributed by atoms with Gasteiger partial charge in [0.15, 0.2) is 0 Å². The van der Waals surface area contributed by atoms with Crippen LogP contribution >= 0.6 is 0 Å². The number of hydrogen-bond donors (Lipinski definition) is 1. The zero-order valence-corrected chi connectivity index (χ0v) is 10.2. The van der Waals surface area contributed by atoms with Crippen LogP contribution in [0.2, 0.25) is 0 Å². The van der Waals surface area contributed by atoms with Crippen molar-refractivity contribution in [3.05, 3.63) is 18.7 Å². The zero-order valence-electron chi connectivity index (χ0n) is 10.2. The number of nitrogens with zero attached hydrogens (tertiary/aromatic N) is 3. The van der Waals surface area contributed by atoms with Gasteiger partial charge < -0.3 is 10.2 Å². The standard InChI is InChI=1S/C11H20N4O/c1-4-10(2)14(3)7-6-13-11(16)15-8-5-12-9-15/h5,8-10H,4,6-7H2,1-3H3,(H,13,16). The fourth-order valence-electron chi connectivity index (χ4n) is 1.34. The maximum absolute atomic E-state index is 11.5. The van der Waals surface area contributed by atoms with Crippen LogP contribution in [0, 0.1) is 0 Å². The van der Waals surface area contributed by atoms with Crippen molar-refractivity contribution in [3.63, 3.8) is 0 Å². The molecule has 5 nitrogen and oxygen atoms in total. The number of aromatic nitrogens is 2. The Morgan fingerprint density at radius 1 is 1.62 bits per heavy atom. The number of hydrogen-bond acceptors (Lipinski definition) is 3. The van der Waals surface area contributed by atoms with Crippen LogP contribution < -0.4 is 5.32 Å². The first-order chi connectivity index (χ1) is 7.65. The summed E-state index contributed by atoms with van der Waals surface area (Å²) < 4.78 is 1.43. The van der Waals surface area contributed by atoms with Gasteiger partial charge in [-0.2, -0.15) is 0 Å². The Hall–Kier alpha value is -1.36. The van der Waals surface area contributed by atoms with Crippen molar-refractivity contribution in [1.82, 2.24) is 19.8 Å². The summed E-state index contributed by atoms with van der Waals surface area (Å²) >= 11 is 0. The van der Waals surface area contributed by atoms with Gasteiger partial charge in [-0.25, -0.2) is 9.78 Å².